The van der Waals surface area contributed by atoms with E-state index in [4.69, 9.17) is 15.2 Å². The zero-order chi connectivity index (χ0) is 21.1. The second-order valence-corrected chi connectivity index (χ2v) is 7.39. The van der Waals surface area contributed by atoms with Crippen LogP contribution in [0.4, 0.5) is 5.69 Å². The van der Waals surface area contributed by atoms with Gasteiger partial charge in [-0.3, -0.25) is 9.59 Å². The first-order valence-electron chi connectivity index (χ1n) is 9.19. The molecule has 3 heterocycles. The Bertz CT molecular complexity index is 1150. The van der Waals surface area contributed by atoms with Gasteiger partial charge >= 0.3 is 5.97 Å². The van der Waals surface area contributed by atoms with Gasteiger partial charge in [0, 0.05) is 29.1 Å². The number of aryl methyl sites for hydroxylation is 1. The van der Waals surface area contributed by atoms with Gasteiger partial charge in [0.1, 0.15) is 16.7 Å². The van der Waals surface area contributed by atoms with Gasteiger partial charge in [0.2, 0.25) is 11.8 Å². The fraction of sp³-hybridized carbons (Fsp3) is 0.286. The molecule has 2 aliphatic heterocycles. The van der Waals surface area contributed by atoms with Crippen LogP contribution in [0.3, 0.4) is 0 Å². The molecule has 0 bridgehead atoms. The SMILES string of the molecule is COC(=O)C1=C(N)Oc2cc(C)[nH]c(=O)c2C12C(=O)N(C(C)C)c1ccccc12. The Morgan fingerprint density at radius 2 is 1.97 bits per heavy atom. The minimum Gasteiger partial charge on any atom is -0.465 e. The summed E-state index contributed by atoms with van der Waals surface area (Å²) < 4.78 is 10.6. The number of methoxy groups -OCH3 is 1. The quantitative estimate of drug-likeness (QED) is 0.744. The van der Waals surface area contributed by atoms with E-state index in [-0.39, 0.29) is 28.8 Å². The number of fused-ring (bicyclic) bond motifs is 4. The molecule has 1 unspecified atom stereocenters. The topological polar surface area (TPSA) is 115 Å². The Balaban J connectivity index is 2.22. The van der Waals surface area contributed by atoms with Crippen LogP contribution in [-0.2, 0) is 19.7 Å². The molecule has 3 N–H and O–H groups in total. The summed E-state index contributed by atoms with van der Waals surface area (Å²) in [5, 5.41) is 0. The number of aromatic amines is 1. The number of anilines is 1. The molecule has 4 rings (SSSR count). The van der Waals surface area contributed by atoms with E-state index in [1.54, 1.807) is 42.2 Å². The molecule has 29 heavy (non-hydrogen) atoms. The predicted octanol–water partition coefficient (Wildman–Crippen LogP) is 1.46. The standard InChI is InChI=1S/C21H21N3O5/c1-10(2)24-13-8-6-5-7-12(13)21(20(24)27)15-14(9-11(3)23-18(15)25)29-17(22)16(21)19(26)28-4/h5-10H,22H2,1-4H3,(H,23,25). The number of aromatic nitrogens is 1. The molecule has 150 valence electrons. The van der Waals surface area contributed by atoms with E-state index in [0.717, 1.165) is 0 Å². The summed E-state index contributed by atoms with van der Waals surface area (Å²) in [5.41, 5.74) is 5.32. The number of carbonyl (C=O) groups is 2. The number of carbonyl (C=O) groups excluding carboxylic acids is 2. The van der Waals surface area contributed by atoms with Gasteiger partial charge in [-0.25, -0.2) is 4.79 Å². The normalized spacial score (nSPS) is 20.0. The third-order valence-corrected chi connectivity index (χ3v) is 5.36. The van der Waals surface area contributed by atoms with Crippen LogP contribution in [0, 0.1) is 6.92 Å². The average Bonchev–Trinajstić information content (AvgIpc) is 2.90. The zero-order valence-corrected chi connectivity index (χ0v) is 16.5. The fourth-order valence-corrected chi connectivity index (χ4v) is 4.33. The third kappa shape index (κ3) is 2.28. The molecule has 8 heteroatoms. The predicted molar refractivity (Wildman–Crippen MR) is 106 cm³/mol. The fourth-order valence-electron chi connectivity index (χ4n) is 4.33. The number of benzene rings is 1. The van der Waals surface area contributed by atoms with Crippen molar-refractivity contribution in [3.63, 3.8) is 0 Å². The number of hydrogen-bond acceptors (Lipinski definition) is 6. The first-order chi connectivity index (χ1) is 13.7. The number of nitrogens with two attached hydrogens (primary N) is 1. The van der Waals surface area contributed by atoms with Crippen LogP contribution in [-0.4, -0.2) is 30.0 Å². The number of hydrogen-bond donors (Lipinski definition) is 2. The van der Waals surface area contributed by atoms with Gasteiger partial charge < -0.3 is 25.1 Å². The summed E-state index contributed by atoms with van der Waals surface area (Å²) in [7, 11) is 1.19. The van der Waals surface area contributed by atoms with E-state index in [9.17, 15) is 14.4 Å². The molecule has 2 aliphatic rings. The lowest BCUT2D eigenvalue weighted by Crippen LogP contribution is -2.52. The number of amides is 1. The van der Waals surface area contributed by atoms with Crippen LogP contribution >= 0.6 is 0 Å². The molecular formula is C21H21N3O5. The van der Waals surface area contributed by atoms with E-state index < -0.39 is 22.9 Å². The summed E-state index contributed by atoms with van der Waals surface area (Å²) in [4.78, 5) is 44.2. The van der Waals surface area contributed by atoms with Crippen molar-refractivity contribution in [2.75, 3.05) is 12.0 Å². The first-order valence-corrected chi connectivity index (χ1v) is 9.19. The van der Waals surface area contributed by atoms with Crippen LogP contribution < -0.4 is 20.9 Å². The van der Waals surface area contributed by atoms with Crippen LogP contribution in [0.15, 0.2) is 46.6 Å². The van der Waals surface area contributed by atoms with Crippen molar-refractivity contribution in [3.8, 4) is 5.75 Å². The molecule has 1 atom stereocenters. The number of esters is 1. The van der Waals surface area contributed by atoms with E-state index in [0.29, 0.717) is 16.9 Å². The van der Waals surface area contributed by atoms with Gasteiger partial charge in [0.15, 0.2) is 0 Å². The van der Waals surface area contributed by atoms with Crippen LogP contribution in [0.1, 0.15) is 30.7 Å². The van der Waals surface area contributed by atoms with Crippen LogP contribution in [0.25, 0.3) is 0 Å². The molecule has 0 saturated heterocycles. The van der Waals surface area contributed by atoms with Crippen molar-refractivity contribution in [2.45, 2.75) is 32.2 Å². The number of pyridine rings is 1. The van der Waals surface area contributed by atoms with Crippen molar-refractivity contribution in [1.29, 1.82) is 0 Å². The molecule has 8 nitrogen and oxygen atoms in total. The minimum atomic E-state index is -1.76. The Kier molecular flexibility index (Phi) is 4.04. The molecule has 0 aliphatic carbocycles. The van der Waals surface area contributed by atoms with Crippen LogP contribution in [0.5, 0.6) is 5.75 Å². The molecule has 0 saturated carbocycles. The summed E-state index contributed by atoms with van der Waals surface area (Å²) >= 11 is 0. The van der Waals surface area contributed by atoms with Crippen molar-refractivity contribution < 1.29 is 19.1 Å². The Hall–Kier alpha value is -3.55. The molecular weight excluding hydrogens is 374 g/mol. The second-order valence-electron chi connectivity index (χ2n) is 7.39. The highest BCUT2D eigenvalue weighted by Crippen LogP contribution is 2.54. The van der Waals surface area contributed by atoms with Crippen molar-refractivity contribution >= 4 is 17.6 Å². The monoisotopic (exact) mass is 395 g/mol. The lowest BCUT2D eigenvalue weighted by atomic mass is 9.68. The molecule has 1 amide bonds. The third-order valence-electron chi connectivity index (χ3n) is 5.36. The van der Waals surface area contributed by atoms with Gasteiger partial charge in [0.05, 0.1) is 12.7 Å². The number of rotatable bonds is 2. The van der Waals surface area contributed by atoms with Gasteiger partial charge in [-0.15, -0.1) is 0 Å². The highest BCUT2D eigenvalue weighted by atomic mass is 16.5. The number of ether oxygens (including phenoxy) is 2. The first kappa shape index (κ1) is 18.8. The van der Waals surface area contributed by atoms with E-state index in [1.807, 2.05) is 13.8 Å². The van der Waals surface area contributed by atoms with Crippen molar-refractivity contribution in [2.24, 2.45) is 5.73 Å². The molecule has 1 aromatic heterocycles. The highest BCUT2D eigenvalue weighted by Gasteiger charge is 2.62. The number of para-hydroxylation sites is 1. The summed E-state index contributed by atoms with van der Waals surface area (Å²) in [6.45, 7) is 5.41. The smallest absolute Gasteiger partial charge is 0.340 e. The summed E-state index contributed by atoms with van der Waals surface area (Å²) in [5.74, 6) is -1.40. The lowest BCUT2D eigenvalue weighted by molar-refractivity contribution is -0.138. The maximum Gasteiger partial charge on any atom is 0.340 e. The number of nitrogens with zero attached hydrogens (tertiary/aromatic N) is 1. The Morgan fingerprint density at radius 1 is 1.28 bits per heavy atom. The van der Waals surface area contributed by atoms with Crippen molar-refractivity contribution in [3.05, 3.63) is 69.0 Å². The minimum absolute atomic E-state index is 0.0262. The Labute approximate surface area is 166 Å². The largest absolute Gasteiger partial charge is 0.465 e. The maximum atomic E-state index is 14.0. The molecule has 0 radical (unpaired) electrons. The molecule has 2 aromatic rings. The maximum absolute atomic E-state index is 14.0. The second kappa shape index (κ2) is 6.23. The highest BCUT2D eigenvalue weighted by molar-refractivity contribution is 6.18. The zero-order valence-electron chi connectivity index (χ0n) is 16.5. The van der Waals surface area contributed by atoms with E-state index in [2.05, 4.69) is 4.98 Å². The van der Waals surface area contributed by atoms with Crippen LogP contribution in [0.2, 0.25) is 0 Å². The lowest BCUT2D eigenvalue weighted by Gasteiger charge is -2.35. The number of H-pyrrole nitrogens is 1. The molecule has 0 fully saturated rings. The summed E-state index contributed by atoms with van der Waals surface area (Å²) in [6, 6.07) is 8.42. The van der Waals surface area contributed by atoms with Gasteiger partial charge in [-0.05, 0) is 26.8 Å². The molecule has 1 aromatic carbocycles. The van der Waals surface area contributed by atoms with Crippen molar-refractivity contribution in [1.82, 2.24) is 4.98 Å². The van der Waals surface area contributed by atoms with Gasteiger partial charge in [0.25, 0.3) is 5.56 Å². The number of nitrogens with one attached hydrogen (secondary N) is 1. The van der Waals surface area contributed by atoms with E-state index >= 15 is 0 Å². The van der Waals surface area contributed by atoms with Gasteiger partial charge in [-0.2, -0.15) is 0 Å². The van der Waals surface area contributed by atoms with E-state index in [1.165, 1.54) is 7.11 Å². The Morgan fingerprint density at radius 3 is 2.62 bits per heavy atom. The summed E-state index contributed by atoms with van der Waals surface area (Å²) in [6.07, 6.45) is 0. The average molecular weight is 395 g/mol. The molecule has 1 spiro atoms. The van der Waals surface area contributed by atoms with Gasteiger partial charge in [-0.1, -0.05) is 18.2 Å².